The lowest BCUT2D eigenvalue weighted by Gasteiger charge is -2.24. The van der Waals surface area contributed by atoms with Crippen molar-refractivity contribution in [2.24, 2.45) is 0 Å². The summed E-state index contributed by atoms with van der Waals surface area (Å²) in [4.78, 5) is 0. The van der Waals surface area contributed by atoms with E-state index in [-0.39, 0.29) is 5.56 Å². The topological polar surface area (TPSA) is 12.0 Å². The molecule has 2 aromatic rings. The summed E-state index contributed by atoms with van der Waals surface area (Å²) < 4.78 is 40.0. The molecule has 0 saturated heterocycles. The fraction of sp³-hybridized carbons (Fsp3) is 0.143. The lowest BCUT2D eigenvalue weighted by atomic mass is 10.1. The number of hydrogen-bond acceptors (Lipinski definition) is 1. The van der Waals surface area contributed by atoms with E-state index in [1.807, 2.05) is 0 Å². The number of nitrogens with one attached hydrogen (secondary N) is 1. The van der Waals surface area contributed by atoms with Gasteiger partial charge < -0.3 is 5.32 Å². The van der Waals surface area contributed by atoms with Crippen LogP contribution in [0.4, 0.5) is 18.9 Å². The number of anilines is 1. The van der Waals surface area contributed by atoms with Crippen LogP contribution in [0.2, 0.25) is 5.02 Å². The van der Waals surface area contributed by atoms with Crippen LogP contribution in [0.5, 0.6) is 0 Å². The van der Waals surface area contributed by atoms with Crippen LogP contribution in [-0.4, -0.2) is 6.18 Å². The third-order valence-electron chi connectivity index (χ3n) is 2.71. The van der Waals surface area contributed by atoms with Gasteiger partial charge in [0.05, 0.1) is 15.2 Å². The lowest BCUT2D eigenvalue weighted by Crippen LogP contribution is -2.28. The van der Waals surface area contributed by atoms with Gasteiger partial charge in [0.15, 0.2) is 0 Å². The summed E-state index contributed by atoms with van der Waals surface area (Å²) in [6.45, 7) is 0. The van der Waals surface area contributed by atoms with Gasteiger partial charge in [-0.3, -0.25) is 0 Å². The Bertz CT molecular complexity index is 587. The van der Waals surface area contributed by atoms with Crippen molar-refractivity contribution in [1.82, 2.24) is 0 Å². The zero-order chi connectivity index (χ0) is 14.8. The maximum Gasteiger partial charge on any atom is 0.412 e. The molecule has 0 saturated carbocycles. The molecule has 0 aliphatic heterocycles. The van der Waals surface area contributed by atoms with Gasteiger partial charge in [-0.05, 0) is 33.6 Å². The number of halogens is 5. The first-order valence-electron chi connectivity index (χ1n) is 5.72. The smallest absolute Gasteiger partial charge is 0.369 e. The molecule has 0 amide bonds. The fourth-order valence-corrected chi connectivity index (χ4v) is 2.32. The normalized spacial score (nSPS) is 13.1. The zero-order valence-corrected chi connectivity index (χ0v) is 12.4. The Morgan fingerprint density at radius 1 is 1.00 bits per heavy atom. The van der Waals surface area contributed by atoms with E-state index in [2.05, 4.69) is 21.2 Å². The Labute approximate surface area is 127 Å². The lowest BCUT2D eigenvalue weighted by molar-refractivity contribution is -0.144. The zero-order valence-electron chi connectivity index (χ0n) is 10.1. The van der Waals surface area contributed by atoms with Crippen molar-refractivity contribution in [3.05, 3.63) is 63.6 Å². The largest absolute Gasteiger partial charge is 0.412 e. The van der Waals surface area contributed by atoms with E-state index in [1.54, 1.807) is 30.3 Å². The van der Waals surface area contributed by atoms with Gasteiger partial charge in [-0.2, -0.15) is 13.2 Å². The van der Waals surface area contributed by atoms with Crippen molar-refractivity contribution in [2.75, 3.05) is 5.32 Å². The molecule has 6 heteroatoms. The SMILES string of the molecule is FC(F)(F)C(Nc1cccc(Cl)c1Br)c1ccccc1. The minimum absolute atomic E-state index is 0.145. The van der Waals surface area contributed by atoms with Gasteiger partial charge in [0, 0.05) is 0 Å². The Kier molecular flexibility index (Phi) is 4.60. The Hall–Kier alpha value is -1.20. The Morgan fingerprint density at radius 2 is 1.65 bits per heavy atom. The van der Waals surface area contributed by atoms with Gasteiger partial charge in [-0.25, -0.2) is 0 Å². The third-order valence-corrected chi connectivity index (χ3v) is 4.11. The molecule has 2 aromatic carbocycles. The number of alkyl halides is 3. The molecule has 0 aliphatic rings. The Morgan fingerprint density at radius 3 is 2.25 bits per heavy atom. The first-order valence-corrected chi connectivity index (χ1v) is 6.89. The van der Waals surface area contributed by atoms with Gasteiger partial charge in [0.2, 0.25) is 0 Å². The molecule has 0 aromatic heterocycles. The molecule has 0 heterocycles. The molecule has 20 heavy (non-hydrogen) atoms. The highest BCUT2D eigenvalue weighted by Crippen LogP contribution is 2.38. The van der Waals surface area contributed by atoms with Crippen molar-refractivity contribution in [2.45, 2.75) is 12.2 Å². The van der Waals surface area contributed by atoms with E-state index in [0.717, 1.165) is 0 Å². The van der Waals surface area contributed by atoms with Gasteiger partial charge in [-0.1, -0.05) is 48.0 Å². The van der Waals surface area contributed by atoms with E-state index >= 15 is 0 Å². The monoisotopic (exact) mass is 363 g/mol. The second-order valence-electron chi connectivity index (χ2n) is 4.13. The van der Waals surface area contributed by atoms with Crippen LogP contribution >= 0.6 is 27.5 Å². The second-order valence-corrected chi connectivity index (χ2v) is 5.33. The van der Waals surface area contributed by atoms with Crippen molar-refractivity contribution < 1.29 is 13.2 Å². The molecule has 0 radical (unpaired) electrons. The predicted octanol–water partition coefficient (Wildman–Crippen LogP) is 5.82. The molecule has 2 rings (SSSR count). The maximum atomic E-state index is 13.2. The van der Waals surface area contributed by atoms with Gasteiger partial charge in [0.1, 0.15) is 6.04 Å². The summed E-state index contributed by atoms with van der Waals surface area (Å²) >= 11 is 9.08. The summed E-state index contributed by atoms with van der Waals surface area (Å²) in [6, 6.07) is 10.6. The molecule has 0 aliphatic carbocycles. The van der Waals surface area contributed by atoms with Gasteiger partial charge in [0.25, 0.3) is 0 Å². The van der Waals surface area contributed by atoms with Crippen molar-refractivity contribution in [1.29, 1.82) is 0 Å². The summed E-state index contributed by atoms with van der Waals surface area (Å²) in [6.07, 6.45) is -4.41. The summed E-state index contributed by atoms with van der Waals surface area (Å²) in [5.74, 6) is 0. The standard InChI is InChI=1S/C14H10BrClF3N/c15-12-10(16)7-4-8-11(12)20-13(14(17,18)19)9-5-2-1-3-6-9/h1-8,13,20H. The minimum atomic E-state index is -4.41. The third kappa shape index (κ3) is 3.46. The molecular formula is C14H10BrClF3N. The first-order chi connectivity index (χ1) is 9.39. The fourth-order valence-electron chi connectivity index (χ4n) is 1.77. The van der Waals surface area contributed by atoms with Crippen LogP contribution in [0, 0.1) is 0 Å². The Balaban J connectivity index is 2.37. The van der Waals surface area contributed by atoms with Crippen LogP contribution in [0.25, 0.3) is 0 Å². The van der Waals surface area contributed by atoms with E-state index in [1.165, 1.54) is 18.2 Å². The molecule has 1 nitrogen and oxygen atoms in total. The molecule has 106 valence electrons. The number of hydrogen-bond donors (Lipinski definition) is 1. The van der Waals surface area contributed by atoms with Crippen LogP contribution < -0.4 is 5.32 Å². The molecule has 1 unspecified atom stereocenters. The van der Waals surface area contributed by atoms with E-state index in [4.69, 9.17) is 11.6 Å². The van der Waals surface area contributed by atoms with Gasteiger partial charge >= 0.3 is 6.18 Å². The van der Waals surface area contributed by atoms with Crippen LogP contribution in [0.1, 0.15) is 11.6 Å². The highest BCUT2D eigenvalue weighted by atomic mass is 79.9. The van der Waals surface area contributed by atoms with Crippen molar-refractivity contribution in [3.63, 3.8) is 0 Å². The van der Waals surface area contributed by atoms with Crippen LogP contribution in [0.15, 0.2) is 53.0 Å². The molecule has 0 fully saturated rings. The average molecular weight is 365 g/mol. The summed E-state index contributed by atoms with van der Waals surface area (Å²) in [5, 5.41) is 2.84. The molecule has 1 atom stereocenters. The maximum absolute atomic E-state index is 13.2. The molecule has 1 N–H and O–H groups in total. The summed E-state index contributed by atoms with van der Waals surface area (Å²) in [5.41, 5.74) is 0.440. The van der Waals surface area contributed by atoms with Crippen molar-refractivity contribution >= 4 is 33.2 Å². The minimum Gasteiger partial charge on any atom is -0.369 e. The van der Waals surface area contributed by atoms with E-state index < -0.39 is 12.2 Å². The van der Waals surface area contributed by atoms with Crippen LogP contribution in [-0.2, 0) is 0 Å². The van der Waals surface area contributed by atoms with Crippen LogP contribution in [0.3, 0.4) is 0 Å². The molecule has 0 bridgehead atoms. The first kappa shape index (κ1) is 15.2. The van der Waals surface area contributed by atoms with E-state index in [9.17, 15) is 13.2 Å². The second kappa shape index (κ2) is 6.06. The average Bonchev–Trinajstić information content (AvgIpc) is 2.40. The quantitative estimate of drug-likeness (QED) is 0.724. The number of benzene rings is 2. The van der Waals surface area contributed by atoms with Gasteiger partial charge in [-0.15, -0.1) is 0 Å². The van der Waals surface area contributed by atoms with Crippen molar-refractivity contribution in [3.8, 4) is 0 Å². The molecular weight excluding hydrogens is 355 g/mol. The predicted molar refractivity (Wildman–Crippen MR) is 78.0 cm³/mol. The van der Waals surface area contributed by atoms with E-state index in [0.29, 0.717) is 15.2 Å². The highest BCUT2D eigenvalue weighted by Gasteiger charge is 2.41. The highest BCUT2D eigenvalue weighted by molar-refractivity contribution is 9.10. The molecule has 0 spiro atoms. The summed E-state index contributed by atoms with van der Waals surface area (Å²) in [7, 11) is 0. The number of rotatable bonds is 3.